The smallest absolute Gasteiger partial charge is 0.340 e. The van der Waals surface area contributed by atoms with Gasteiger partial charge in [-0.3, -0.25) is 0 Å². The average molecular weight is 538 g/mol. The lowest BCUT2D eigenvalue weighted by atomic mass is 10.0. The SMILES string of the molecule is CCOC(=O)c1c2ccc(C#Cc3cc(C(=O)OC)c4cc(C(C)C)cccc3-4)ccc-2c(C(=O)OCC)c1N. The number of rotatable bonds is 6. The van der Waals surface area contributed by atoms with Crippen LogP contribution in [0, 0.1) is 11.8 Å². The van der Waals surface area contributed by atoms with Gasteiger partial charge in [0.1, 0.15) is 0 Å². The van der Waals surface area contributed by atoms with Gasteiger partial charge in [-0.25, -0.2) is 14.4 Å². The maximum absolute atomic E-state index is 12.7. The van der Waals surface area contributed by atoms with Gasteiger partial charge in [0.05, 0.1) is 42.7 Å². The summed E-state index contributed by atoms with van der Waals surface area (Å²) in [5, 5.41) is 0. The Labute approximate surface area is 233 Å². The van der Waals surface area contributed by atoms with E-state index in [0.717, 1.165) is 16.7 Å². The monoisotopic (exact) mass is 537 g/mol. The molecule has 0 atom stereocenters. The summed E-state index contributed by atoms with van der Waals surface area (Å²) >= 11 is 0. The fraction of sp³-hybridized carbons (Fsp3) is 0.242. The first-order valence-corrected chi connectivity index (χ1v) is 13.1. The number of hydrogen-bond donors (Lipinski definition) is 1. The largest absolute Gasteiger partial charge is 0.465 e. The Hall–Kier alpha value is -4.83. The molecule has 0 radical (unpaired) electrons. The van der Waals surface area contributed by atoms with Gasteiger partial charge in [0, 0.05) is 11.1 Å². The van der Waals surface area contributed by atoms with Gasteiger partial charge in [0.2, 0.25) is 0 Å². The van der Waals surface area contributed by atoms with Crippen molar-refractivity contribution in [2.24, 2.45) is 0 Å². The molecule has 0 saturated carbocycles. The number of fused-ring (bicyclic) bond motifs is 2. The van der Waals surface area contributed by atoms with E-state index in [-0.39, 0.29) is 35.9 Å². The fourth-order valence-corrected chi connectivity index (χ4v) is 4.64. The number of esters is 3. The highest BCUT2D eigenvalue weighted by atomic mass is 16.5. The summed E-state index contributed by atoms with van der Waals surface area (Å²) in [7, 11) is 1.36. The zero-order chi connectivity index (χ0) is 29.0. The van der Waals surface area contributed by atoms with Crippen LogP contribution in [0.5, 0.6) is 0 Å². The number of nitrogen functional groups attached to an aromatic ring is 1. The summed E-state index contributed by atoms with van der Waals surface area (Å²) in [6.07, 6.45) is 0. The van der Waals surface area contributed by atoms with Gasteiger partial charge < -0.3 is 19.9 Å². The summed E-state index contributed by atoms with van der Waals surface area (Å²) in [5.41, 5.74) is 11.9. The van der Waals surface area contributed by atoms with Crippen LogP contribution in [0.1, 0.15) is 81.4 Å². The first-order chi connectivity index (χ1) is 19.2. The van der Waals surface area contributed by atoms with Crippen molar-refractivity contribution in [2.75, 3.05) is 26.1 Å². The zero-order valence-corrected chi connectivity index (χ0v) is 23.2. The van der Waals surface area contributed by atoms with Crippen molar-refractivity contribution in [3.05, 3.63) is 88.0 Å². The Kier molecular flexibility index (Phi) is 8.40. The first-order valence-electron chi connectivity index (χ1n) is 13.1. The van der Waals surface area contributed by atoms with Gasteiger partial charge in [-0.15, -0.1) is 0 Å². The van der Waals surface area contributed by atoms with Crippen molar-refractivity contribution in [3.8, 4) is 34.1 Å². The number of carbonyl (C=O) groups excluding carboxylic acids is 3. The molecule has 0 bridgehead atoms. The van der Waals surface area contributed by atoms with Crippen LogP contribution in [0.2, 0.25) is 0 Å². The molecule has 7 nitrogen and oxygen atoms in total. The third-order valence-corrected chi connectivity index (χ3v) is 6.62. The summed E-state index contributed by atoms with van der Waals surface area (Å²) in [4.78, 5) is 38.1. The standard InChI is InChI=1S/C33H31NO6/c1-6-39-32(36)28-24-15-12-20(13-16-25(24)29(30(28)34)33(37)40-7-2)11-14-22-18-27(31(35)38-5)26-17-21(19(3)4)9-8-10-23(22)26/h8-10,12-13,15-19H,6-7,34H2,1-5H3. The van der Waals surface area contributed by atoms with Crippen LogP contribution < -0.4 is 5.73 Å². The summed E-state index contributed by atoms with van der Waals surface area (Å²) in [6, 6.07) is 16.6. The molecule has 0 spiro atoms. The second-order valence-electron chi connectivity index (χ2n) is 9.42. The Balaban J connectivity index is 1.85. The van der Waals surface area contributed by atoms with Gasteiger partial charge in [0.25, 0.3) is 0 Å². The Morgan fingerprint density at radius 3 is 1.90 bits per heavy atom. The van der Waals surface area contributed by atoms with Crippen LogP contribution in [0.25, 0.3) is 22.3 Å². The normalized spacial score (nSPS) is 10.8. The van der Waals surface area contributed by atoms with Gasteiger partial charge in [-0.05, 0) is 71.8 Å². The minimum atomic E-state index is -0.619. The van der Waals surface area contributed by atoms with E-state index in [2.05, 4.69) is 25.7 Å². The molecule has 0 aromatic heterocycles. The maximum atomic E-state index is 12.7. The third kappa shape index (κ3) is 5.34. The van der Waals surface area contributed by atoms with E-state index in [1.807, 2.05) is 24.3 Å². The number of anilines is 1. The van der Waals surface area contributed by atoms with E-state index in [1.165, 1.54) is 7.11 Å². The second kappa shape index (κ2) is 11.9. The molecule has 7 heteroatoms. The molecule has 204 valence electrons. The van der Waals surface area contributed by atoms with Gasteiger partial charge in [-0.1, -0.05) is 56.0 Å². The second-order valence-corrected chi connectivity index (χ2v) is 9.42. The van der Waals surface area contributed by atoms with Crippen LogP contribution in [-0.4, -0.2) is 38.2 Å². The van der Waals surface area contributed by atoms with Crippen LogP contribution >= 0.6 is 0 Å². The van der Waals surface area contributed by atoms with Gasteiger partial charge >= 0.3 is 17.9 Å². The predicted octanol–water partition coefficient (Wildman–Crippen LogP) is 6.14. The molecule has 40 heavy (non-hydrogen) atoms. The minimum Gasteiger partial charge on any atom is -0.465 e. The van der Waals surface area contributed by atoms with Gasteiger partial charge in [-0.2, -0.15) is 0 Å². The summed E-state index contributed by atoms with van der Waals surface area (Å²) < 4.78 is 15.4. The van der Waals surface area contributed by atoms with Crippen LogP contribution in [0.4, 0.5) is 5.69 Å². The lowest BCUT2D eigenvalue weighted by molar-refractivity contribution is 0.0525. The van der Waals surface area contributed by atoms with Gasteiger partial charge in [0.15, 0.2) is 0 Å². The molecule has 0 saturated heterocycles. The first kappa shape index (κ1) is 28.2. The lowest BCUT2D eigenvalue weighted by Crippen LogP contribution is -2.09. The fourth-order valence-electron chi connectivity index (χ4n) is 4.64. The average Bonchev–Trinajstić information content (AvgIpc) is 3.18. The van der Waals surface area contributed by atoms with Crippen molar-refractivity contribution in [1.29, 1.82) is 0 Å². The summed E-state index contributed by atoms with van der Waals surface area (Å²) in [5.74, 6) is 4.94. The Morgan fingerprint density at radius 1 is 0.775 bits per heavy atom. The molecule has 0 unspecified atom stereocenters. The van der Waals surface area contributed by atoms with Crippen LogP contribution in [0.3, 0.4) is 0 Å². The molecule has 4 aliphatic rings. The number of nitrogens with two attached hydrogens (primary N) is 1. The molecule has 4 aliphatic carbocycles. The van der Waals surface area contributed by atoms with Crippen molar-refractivity contribution in [2.45, 2.75) is 33.6 Å². The number of ether oxygens (including phenoxy) is 3. The Morgan fingerprint density at radius 2 is 1.38 bits per heavy atom. The third-order valence-electron chi connectivity index (χ3n) is 6.62. The highest BCUT2D eigenvalue weighted by Crippen LogP contribution is 2.40. The molecule has 0 aliphatic heterocycles. The number of hydrogen-bond acceptors (Lipinski definition) is 7. The highest BCUT2D eigenvalue weighted by molar-refractivity contribution is 6.15. The van der Waals surface area contributed by atoms with E-state index < -0.39 is 17.9 Å². The topological polar surface area (TPSA) is 105 Å². The summed E-state index contributed by atoms with van der Waals surface area (Å²) in [6.45, 7) is 7.90. The van der Waals surface area contributed by atoms with Crippen molar-refractivity contribution in [3.63, 3.8) is 0 Å². The number of methoxy groups -OCH3 is 1. The van der Waals surface area contributed by atoms with E-state index in [9.17, 15) is 14.4 Å². The maximum Gasteiger partial charge on any atom is 0.340 e. The van der Waals surface area contributed by atoms with Crippen LogP contribution in [0.15, 0.2) is 54.6 Å². The lowest BCUT2D eigenvalue weighted by Gasteiger charge is -2.04. The van der Waals surface area contributed by atoms with Crippen LogP contribution in [-0.2, 0) is 14.2 Å². The van der Waals surface area contributed by atoms with Crippen molar-refractivity contribution >= 4 is 23.6 Å². The minimum absolute atomic E-state index is 0.0259. The molecule has 2 N–H and O–H groups in total. The quantitative estimate of drug-likeness (QED) is 0.179. The molecule has 0 heterocycles. The zero-order valence-electron chi connectivity index (χ0n) is 23.2. The molecular formula is C33H31NO6. The van der Waals surface area contributed by atoms with E-state index >= 15 is 0 Å². The molecule has 4 rings (SSSR count). The van der Waals surface area contributed by atoms with E-state index in [4.69, 9.17) is 19.9 Å². The molecule has 0 amide bonds. The molecular weight excluding hydrogens is 506 g/mol. The molecule has 0 aromatic carbocycles. The molecule has 0 aromatic rings. The number of carbonyl (C=O) groups is 3. The van der Waals surface area contributed by atoms with E-state index in [1.54, 1.807) is 44.2 Å². The van der Waals surface area contributed by atoms with Crippen molar-refractivity contribution < 1.29 is 28.6 Å². The highest BCUT2D eigenvalue weighted by Gasteiger charge is 2.30. The predicted molar refractivity (Wildman–Crippen MR) is 154 cm³/mol. The Bertz CT molecular complexity index is 1550. The van der Waals surface area contributed by atoms with Crippen molar-refractivity contribution in [1.82, 2.24) is 0 Å². The molecule has 0 fully saturated rings. The van der Waals surface area contributed by atoms with E-state index in [0.29, 0.717) is 27.8 Å².